The molecular weight excluding hydrogens is 515 g/mol. The first kappa shape index (κ1) is 26.5. The number of rotatable bonds is 6. The van der Waals surface area contributed by atoms with Crippen molar-refractivity contribution in [2.24, 2.45) is 0 Å². The molecule has 2 aliphatic rings. The first-order chi connectivity index (χ1) is 18.6. The number of carboxylic acid groups (broad SMARTS) is 1. The molecule has 1 amide bonds. The molecule has 11 heteroatoms. The van der Waals surface area contributed by atoms with Gasteiger partial charge in [-0.15, -0.1) is 0 Å². The van der Waals surface area contributed by atoms with E-state index in [-0.39, 0.29) is 12.1 Å². The quantitative estimate of drug-likeness (QED) is 0.443. The monoisotopic (exact) mass is 541 g/mol. The van der Waals surface area contributed by atoms with Gasteiger partial charge < -0.3 is 14.6 Å². The van der Waals surface area contributed by atoms with Crippen molar-refractivity contribution in [2.45, 2.75) is 31.2 Å². The molecule has 2 aliphatic heterocycles. The first-order valence-corrected chi connectivity index (χ1v) is 12.3. The van der Waals surface area contributed by atoms with Crippen LogP contribution in [-0.2, 0) is 17.5 Å². The Morgan fingerprint density at radius 1 is 1.10 bits per heavy atom. The summed E-state index contributed by atoms with van der Waals surface area (Å²) in [7, 11) is 1.49. The van der Waals surface area contributed by atoms with Crippen molar-refractivity contribution in [1.82, 2.24) is 9.88 Å². The number of aromatic nitrogens is 1. The highest BCUT2D eigenvalue weighted by Crippen LogP contribution is 2.38. The summed E-state index contributed by atoms with van der Waals surface area (Å²) in [5.41, 5.74) is 1.10. The van der Waals surface area contributed by atoms with Gasteiger partial charge in [0.2, 0.25) is 5.88 Å². The molecule has 0 saturated carbocycles. The molecule has 1 spiro atoms. The van der Waals surface area contributed by atoms with Gasteiger partial charge in [-0.1, -0.05) is 6.07 Å². The second kappa shape index (κ2) is 10.2. The molecule has 0 radical (unpaired) electrons. The average molecular weight is 542 g/mol. The average Bonchev–Trinajstić information content (AvgIpc) is 3.25. The Morgan fingerprint density at radius 2 is 1.82 bits per heavy atom. The first-order valence-electron chi connectivity index (χ1n) is 12.3. The minimum Gasteiger partial charge on any atom is -0.481 e. The summed E-state index contributed by atoms with van der Waals surface area (Å²) in [6.07, 6.45) is -2.37. The van der Waals surface area contributed by atoms with E-state index in [1.807, 2.05) is 0 Å². The molecule has 0 atom stereocenters. The van der Waals surface area contributed by atoms with Gasteiger partial charge in [-0.25, -0.2) is 14.6 Å². The number of hydrogen-bond donors (Lipinski definition) is 1. The lowest BCUT2D eigenvalue weighted by Crippen LogP contribution is -2.46. The smallest absolute Gasteiger partial charge is 0.416 e. The van der Waals surface area contributed by atoms with E-state index in [1.165, 1.54) is 36.3 Å². The number of carbonyl (C=O) groups is 2. The van der Waals surface area contributed by atoms with Crippen LogP contribution in [0, 0.1) is 0 Å². The van der Waals surface area contributed by atoms with Gasteiger partial charge in [0, 0.05) is 56.0 Å². The van der Waals surface area contributed by atoms with E-state index in [1.54, 1.807) is 30.5 Å². The molecule has 0 bridgehead atoms. The molecule has 1 N–H and O–H groups in total. The number of carbonyl (C=O) groups excluding carboxylic acids is 1. The minimum atomic E-state index is -4.47. The summed E-state index contributed by atoms with van der Waals surface area (Å²) in [4.78, 5) is 31.5. The Kier molecular flexibility index (Phi) is 6.94. The number of pyridine rings is 1. The van der Waals surface area contributed by atoms with Crippen LogP contribution >= 0.6 is 0 Å². The normalized spacial score (nSPS) is 17.3. The fourth-order valence-electron chi connectivity index (χ4n) is 5.07. The number of benzene rings is 2. The highest BCUT2D eigenvalue weighted by molar-refractivity contribution is 5.92. The Balaban J connectivity index is 1.31. The summed E-state index contributed by atoms with van der Waals surface area (Å²) >= 11 is 0. The van der Waals surface area contributed by atoms with Crippen molar-refractivity contribution >= 4 is 17.7 Å². The van der Waals surface area contributed by atoms with E-state index >= 15 is 0 Å². The Labute approximate surface area is 222 Å². The summed E-state index contributed by atoms with van der Waals surface area (Å²) < 4.78 is 51.5. The van der Waals surface area contributed by atoms with E-state index in [2.05, 4.69) is 9.88 Å². The highest BCUT2D eigenvalue weighted by atomic mass is 19.4. The molecule has 0 unspecified atom stereocenters. The number of alkyl halides is 3. The van der Waals surface area contributed by atoms with E-state index in [0.717, 1.165) is 6.07 Å². The van der Waals surface area contributed by atoms with Gasteiger partial charge >= 0.3 is 18.2 Å². The molecule has 2 fully saturated rings. The van der Waals surface area contributed by atoms with Crippen molar-refractivity contribution in [2.75, 3.05) is 31.6 Å². The number of nitrogens with zero attached hydrogens (tertiary/aromatic N) is 3. The maximum Gasteiger partial charge on any atom is 0.416 e. The van der Waals surface area contributed by atoms with Crippen molar-refractivity contribution in [3.8, 4) is 17.0 Å². The summed E-state index contributed by atoms with van der Waals surface area (Å²) in [6.45, 7) is 1.65. The van der Waals surface area contributed by atoms with Gasteiger partial charge in [-0.3, -0.25) is 9.80 Å². The number of ether oxygens (including phenoxy) is 2. The van der Waals surface area contributed by atoms with Gasteiger partial charge in [0.15, 0.2) is 0 Å². The standard InChI is InChI=1S/C28H26F3N3O5/c1-38-24-9-4-19(15-32-24)23-8-5-21(28(29,30)31)14-20(23)16-33-12-10-27(11-13-33)17-34(26(37)39-27)22-6-2-18(3-7-22)25(35)36/h2-9,14-15H,10-13,16-17H2,1H3,(H,35,36). The van der Waals surface area contributed by atoms with E-state index in [9.17, 15) is 22.8 Å². The van der Waals surface area contributed by atoms with Gasteiger partial charge in [-0.05, 0) is 53.6 Å². The number of amides is 1. The number of methoxy groups -OCH3 is 1. The largest absolute Gasteiger partial charge is 0.481 e. The second-order valence-corrected chi connectivity index (χ2v) is 9.72. The van der Waals surface area contributed by atoms with Crippen LogP contribution in [0.15, 0.2) is 60.8 Å². The number of anilines is 1. The van der Waals surface area contributed by atoms with Crippen LogP contribution in [0.1, 0.15) is 34.3 Å². The van der Waals surface area contributed by atoms with Crippen LogP contribution in [0.5, 0.6) is 5.88 Å². The lowest BCUT2D eigenvalue weighted by molar-refractivity contribution is -0.137. The third kappa shape index (κ3) is 5.53. The number of likely N-dealkylation sites (tertiary alicyclic amines) is 1. The van der Waals surface area contributed by atoms with Crippen molar-refractivity contribution in [3.63, 3.8) is 0 Å². The summed E-state index contributed by atoms with van der Waals surface area (Å²) in [5, 5.41) is 9.11. The molecule has 8 nitrogen and oxygen atoms in total. The summed E-state index contributed by atoms with van der Waals surface area (Å²) in [6, 6.07) is 13.2. The zero-order valence-electron chi connectivity index (χ0n) is 21.1. The topological polar surface area (TPSA) is 92.2 Å². The van der Waals surface area contributed by atoms with Crippen molar-refractivity contribution < 1.29 is 37.3 Å². The van der Waals surface area contributed by atoms with Gasteiger partial charge in [0.05, 0.1) is 24.8 Å². The fraction of sp³-hybridized carbons (Fsp3) is 0.321. The lowest BCUT2D eigenvalue weighted by Gasteiger charge is -2.37. The number of carboxylic acids is 1. The van der Waals surface area contributed by atoms with Crippen molar-refractivity contribution in [3.05, 3.63) is 77.5 Å². The molecule has 39 heavy (non-hydrogen) atoms. The third-order valence-electron chi connectivity index (χ3n) is 7.25. The highest BCUT2D eigenvalue weighted by Gasteiger charge is 2.47. The van der Waals surface area contributed by atoms with Gasteiger partial charge in [0.1, 0.15) is 5.60 Å². The third-order valence-corrected chi connectivity index (χ3v) is 7.25. The molecule has 0 aliphatic carbocycles. The Hall–Kier alpha value is -4.12. The van der Waals surface area contributed by atoms with E-state index in [0.29, 0.717) is 60.7 Å². The minimum absolute atomic E-state index is 0.119. The second-order valence-electron chi connectivity index (χ2n) is 9.72. The molecule has 204 valence electrons. The molecule has 2 aromatic carbocycles. The maximum absolute atomic E-state index is 13.5. The zero-order chi connectivity index (χ0) is 27.8. The molecule has 3 heterocycles. The Morgan fingerprint density at radius 3 is 2.41 bits per heavy atom. The summed E-state index contributed by atoms with van der Waals surface area (Å²) in [5.74, 6) is -0.645. The van der Waals surface area contributed by atoms with E-state index in [4.69, 9.17) is 14.6 Å². The van der Waals surface area contributed by atoms with Crippen LogP contribution in [0.25, 0.3) is 11.1 Å². The molecular formula is C28H26F3N3O5. The molecule has 3 aromatic rings. The molecule has 5 rings (SSSR count). The lowest BCUT2D eigenvalue weighted by atomic mass is 9.90. The number of piperidine rings is 1. The Bertz CT molecular complexity index is 1370. The van der Waals surface area contributed by atoms with Crippen LogP contribution in [0.4, 0.5) is 23.7 Å². The number of halogens is 3. The zero-order valence-corrected chi connectivity index (χ0v) is 21.1. The number of aromatic carboxylic acids is 1. The van der Waals surface area contributed by atoms with Crippen molar-refractivity contribution in [1.29, 1.82) is 0 Å². The molecule has 1 aromatic heterocycles. The van der Waals surface area contributed by atoms with E-state index < -0.39 is 29.4 Å². The van der Waals surface area contributed by atoms with Crippen LogP contribution in [0.3, 0.4) is 0 Å². The van der Waals surface area contributed by atoms with Gasteiger partial charge in [0.25, 0.3) is 0 Å². The van der Waals surface area contributed by atoms with Gasteiger partial charge in [-0.2, -0.15) is 13.2 Å². The SMILES string of the molecule is COc1ccc(-c2ccc(C(F)(F)F)cc2CN2CCC3(CC2)CN(c2ccc(C(=O)O)cc2)C(=O)O3)cn1. The fourth-order valence-corrected chi connectivity index (χ4v) is 5.07. The van der Waals surface area contributed by atoms with Crippen LogP contribution < -0.4 is 9.64 Å². The van der Waals surface area contributed by atoms with Crippen LogP contribution in [0.2, 0.25) is 0 Å². The maximum atomic E-state index is 13.5. The number of hydrogen-bond acceptors (Lipinski definition) is 6. The van der Waals surface area contributed by atoms with Crippen LogP contribution in [-0.4, -0.2) is 59.4 Å². The molecule has 2 saturated heterocycles. The predicted octanol–water partition coefficient (Wildman–Crippen LogP) is 5.47. The predicted molar refractivity (Wildman–Crippen MR) is 136 cm³/mol.